The summed E-state index contributed by atoms with van der Waals surface area (Å²) in [4.78, 5) is 41.8. The van der Waals surface area contributed by atoms with E-state index in [0.29, 0.717) is 34.6 Å². The van der Waals surface area contributed by atoms with Crippen LogP contribution in [0.25, 0.3) is 33.3 Å². The van der Waals surface area contributed by atoms with Gasteiger partial charge < -0.3 is 20.1 Å². The van der Waals surface area contributed by atoms with E-state index in [4.69, 9.17) is 10.3 Å². The van der Waals surface area contributed by atoms with Crippen molar-refractivity contribution in [3.8, 4) is 22.4 Å². The van der Waals surface area contributed by atoms with Gasteiger partial charge in [-0.3, -0.25) is 14.4 Å². The molecule has 0 aliphatic rings. The number of nitrogens with zero attached hydrogens (tertiary/aromatic N) is 3. The summed E-state index contributed by atoms with van der Waals surface area (Å²) in [5.74, 6) is -0.408. The van der Waals surface area contributed by atoms with E-state index in [1.807, 2.05) is 37.3 Å². The quantitative estimate of drug-likeness (QED) is 0.260. The van der Waals surface area contributed by atoms with E-state index in [1.54, 1.807) is 38.4 Å². The predicted octanol–water partition coefficient (Wildman–Crippen LogP) is 4.95. The number of hydrogen-bond acceptors (Lipinski definition) is 5. The topological polar surface area (TPSA) is 125 Å². The number of hydrogen-bond donors (Lipinski definition) is 2. The first kappa shape index (κ1) is 25.5. The Labute approximate surface area is 231 Å². The number of carbonyl (C=O) groups excluding carboxylic acids is 2. The van der Waals surface area contributed by atoms with E-state index in [0.717, 1.165) is 25.8 Å². The van der Waals surface area contributed by atoms with Crippen LogP contribution >= 0.6 is 22.6 Å². The van der Waals surface area contributed by atoms with Gasteiger partial charge in [-0.25, -0.2) is 4.98 Å². The Morgan fingerprint density at radius 2 is 1.82 bits per heavy atom. The molecule has 5 rings (SSSR count). The van der Waals surface area contributed by atoms with Crippen LogP contribution in [0.5, 0.6) is 0 Å². The normalized spacial score (nSPS) is 11.2. The zero-order valence-electron chi connectivity index (χ0n) is 20.9. The second-order valence-corrected chi connectivity index (χ2v) is 9.84. The van der Waals surface area contributed by atoms with E-state index in [1.165, 1.54) is 10.8 Å². The molecule has 10 heteroatoms. The van der Waals surface area contributed by atoms with Gasteiger partial charge in [0.05, 0.1) is 16.8 Å². The number of carbonyl (C=O) groups is 2. The van der Waals surface area contributed by atoms with Crippen LogP contribution in [0.1, 0.15) is 33.5 Å². The summed E-state index contributed by atoms with van der Waals surface area (Å²) >= 11 is 2.30. The fraction of sp³-hybridized carbons (Fsp3) is 0.143. The molecule has 0 radical (unpaired) electrons. The van der Waals surface area contributed by atoms with E-state index in [9.17, 15) is 14.4 Å². The lowest BCUT2D eigenvalue weighted by atomic mass is 10.0. The van der Waals surface area contributed by atoms with Crippen molar-refractivity contribution in [1.29, 1.82) is 0 Å². The fourth-order valence-electron chi connectivity index (χ4n) is 4.69. The van der Waals surface area contributed by atoms with Crippen LogP contribution < -0.4 is 16.6 Å². The van der Waals surface area contributed by atoms with Gasteiger partial charge in [-0.15, -0.1) is 0 Å². The molecule has 0 saturated heterocycles. The minimum absolute atomic E-state index is 0.185. The van der Waals surface area contributed by atoms with Crippen LogP contribution in [-0.2, 0) is 13.6 Å². The fourth-order valence-corrected chi connectivity index (χ4v) is 5.73. The van der Waals surface area contributed by atoms with Crippen molar-refractivity contribution in [2.24, 2.45) is 12.8 Å². The molecule has 0 fully saturated rings. The van der Waals surface area contributed by atoms with Crippen molar-refractivity contribution < 1.29 is 14.1 Å². The van der Waals surface area contributed by atoms with Gasteiger partial charge in [0.25, 0.3) is 11.5 Å². The highest BCUT2D eigenvalue weighted by Crippen LogP contribution is 2.37. The Morgan fingerprint density at radius 1 is 1.11 bits per heavy atom. The minimum Gasteiger partial charge on any atom is -0.381 e. The summed E-state index contributed by atoms with van der Waals surface area (Å²) < 4.78 is 9.71. The summed E-state index contributed by atoms with van der Waals surface area (Å²) in [6.07, 6.45) is 1.61. The maximum atomic E-state index is 13.4. The van der Waals surface area contributed by atoms with Gasteiger partial charge in [-0.1, -0.05) is 30.3 Å². The number of amides is 2. The van der Waals surface area contributed by atoms with E-state index >= 15 is 0 Å². The number of primary amides is 1. The van der Waals surface area contributed by atoms with Crippen LogP contribution in [0.2, 0.25) is 0 Å². The Morgan fingerprint density at radius 3 is 2.45 bits per heavy atom. The third-order valence-corrected chi connectivity index (χ3v) is 7.51. The number of pyridine rings is 1. The average Bonchev–Trinajstić information content (AvgIpc) is 3.34. The molecular weight excluding hydrogens is 597 g/mol. The third kappa shape index (κ3) is 4.30. The van der Waals surface area contributed by atoms with Crippen molar-refractivity contribution in [3.63, 3.8) is 0 Å². The van der Waals surface area contributed by atoms with Crippen molar-refractivity contribution >= 4 is 51.0 Å². The molecule has 0 unspecified atom stereocenters. The monoisotopic (exact) mass is 621 g/mol. The first-order valence-electron chi connectivity index (χ1n) is 11.9. The summed E-state index contributed by atoms with van der Waals surface area (Å²) in [7, 11) is 1.59. The highest BCUT2D eigenvalue weighted by molar-refractivity contribution is 14.1. The Kier molecular flexibility index (Phi) is 6.66. The molecule has 0 bridgehead atoms. The summed E-state index contributed by atoms with van der Waals surface area (Å²) in [5, 5.41) is 3.74. The Hall–Kier alpha value is -4.19. The molecule has 0 aliphatic heterocycles. The first-order valence-corrected chi connectivity index (χ1v) is 12.9. The lowest BCUT2D eigenvalue weighted by Crippen LogP contribution is -2.17. The maximum absolute atomic E-state index is 13.4. The molecular formula is C28H24IN5O4. The Balaban J connectivity index is 1.58. The van der Waals surface area contributed by atoms with E-state index in [-0.39, 0.29) is 11.3 Å². The average molecular weight is 621 g/mol. The van der Waals surface area contributed by atoms with Crippen molar-refractivity contribution in [2.45, 2.75) is 20.4 Å². The zero-order valence-corrected chi connectivity index (χ0v) is 23.1. The van der Waals surface area contributed by atoms with Gasteiger partial charge in [0.15, 0.2) is 5.69 Å². The number of aryl methyl sites for hydroxylation is 3. The van der Waals surface area contributed by atoms with Gasteiger partial charge in [0.1, 0.15) is 5.76 Å². The number of benzene rings is 2. The molecule has 0 saturated carbocycles. The number of aromatic nitrogens is 3. The van der Waals surface area contributed by atoms with Gasteiger partial charge in [-0.05, 0) is 71.8 Å². The lowest BCUT2D eigenvalue weighted by molar-refractivity contribution is 0.0995. The molecule has 3 aromatic heterocycles. The van der Waals surface area contributed by atoms with Gasteiger partial charge in [-0.2, -0.15) is 4.74 Å². The molecule has 192 valence electrons. The summed E-state index contributed by atoms with van der Waals surface area (Å²) in [6.45, 7) is 4.38. The number of nitrogens with two attached hydrogens (primary N) is 1. The van der Waals surface area contributed by atoms with Crippen molar-refractivity contribution in [3.05, 3.63) is 91.7 Å². The predicted molar refractivity (Wildman–Crippen MR) is 154 cm³/mol. The molecule has 2 aromatic carbocycles. The third-order valence-electron chi connectivity index (χ3n) is 6.42. The zero-order chi connectivity index (χ0) is 27.1. The molecule has 3 heterocycles. The highest BCUT2D eigenvalue weighted by atomic mass is 127. The van der Waals surface area contributed by atoms with Crippen LogP contribution in [0, 0.1) is 10.5 Å². The van der Waals surface area contributed by atoms with Crippen molar-refractivity contribution in [2.75, 3.05) is 5.32 Å². The van der Waals surface area contributed by atoms with Gasteiger partial charge in [0.2, 0.25) is 5.91 Å². The molecule has 5 aromatic rings. The van der Waals surface area contributed by atoms with Gasteiger partial charge in [0, 0.05) is 40.0 Å². The standard InChI is InChI=1S/C28H24IN5O4/c1-4-34-24(17-10-8-16(9-11-17)21-15(2)38-33(3)28(21)37)22(29)20-12-13-31-23(25(20)34)27(36)32-19-7-5-6-18(14-19)26(30)35/h5-14H,4H2,1-3H3,(H2,30,35)(H,32,36). The maximum Gasteiger partial charge on any atom is 0.290 e. The second-order valence-electron chi connectivity index (χ2n) is 8.76. The van der Waals surface area contributed by atoms with Gasteiger partial charge >= 0.3 is 0 Å². The van der Waals surface area contributed by atoms with Crippen LogP contribution in [0.15, 0.2) is 70.1 Å². The largest absolute Gasteiger partial charge is 0.381 e. The molecule has 0 aliphatic carbocycles. The smallest absolute Gasteiger partial charge is 0.290 e. The van der Waals surface area contributed by atoms with E-state index in [2.05, 4.69) is 37.5 Å². The number of anilines is 1. The molecule has 3 N–H and O–H groups in total. The first-order chi connectivity index (χ1) is 18.2. The second kappa shape index (κ2) is 9.93. The highest BCUT2D eigenvalue weighted by Gasteiger charge is 2.23. The molecule has 9 nitrogen and oxygen atoms in total. The van der Waals surface area contributed by atoms with E-state index < -0.39 is 11.8 Å². The number of halogens is 1. The van der Waals surface area contributed by atoms with Crippen LogP contribution in [0.4, 0.5) is 5.69 Å². The summed E-state index contributed by atoms with van der Waals surface area (Å²) in [6, 6.07) is 16.1. The Bertz CT molecular complexity index is 1780. The summed E-state index contributed by atoms with van der Waals surface area (Å²) in [5.41, 5.74) is 10.1. The minimum atomic E-state index is -0.574. The number of fused-ring (bicyclic) bond motifs is 1. The SMILES string of the molecule is CCn1c(-c2ccc(-c3c(C)on(C)c3=O)cc2)c(I)c2ccnc(C(=O)Nc3cccc(C(N)=O)c3)c21. The van der Waals surface area contributed by atoms with Crippen LogP contribution in [0.3, 0.4) is 0 Å². The van der Waals surface area contributed by atoms with Crippen molar-refractivity contribution in [1.82, 2.24) is 14.3 Å². The number of rotatable bonds is 6. The number of nitrogens with one attached hydrogen (secondary N) is 1. The molecule has 0 atom stereocenters. The molecule has 0 spiro atoms. The molecule has 2 amide bonds. The van der Waals surface area contributed by atoms with Crippen LogP contribution in [-0.4, -0.2) is 26.1 Å². The lowest BCUT2D eigenvalue weighted by Gasteiger charge is -2.12. The molecule has 38 heavy (non-hydrogen) atoms.